The molecule has 0 amide bonds. The summed E-state index contributed by atoms with van der Waals surface area (Å²) in [6.07, 6.45) is 4.21. The summed E-state index contributed by atoms with van der Waals surface area (Å²) in [4.78, 5) is 0. The van der Waals surface area contributed by atoms with Crippen molar-refractivity contribution in [2.45, 2.75) is 70.5 Å². The van der Waals surface area contributed by atoms with E-state index in [1.54, 1.807) is 14.2 Å². The lowest BCUT2D eigenvalue weighted by atomic mass is 9.79. The van der Waals surface area contributed by atoms with Gasteiger partial charge in [0.1, 0.15) is 17.2 Å². The van der Waals surface area contributed by atoms with Crippen molar-refractivity contribution in [2.24, 2.45) is 0 Å². The second-order valence-corrected chi connectivity index (χ2v) is 16.4. The van der Waals surface area contributed by atoms with Crippen molar-refractivity contribution in [2.75, 3.05) is 26.1 Å². The molecule has 1 unspecified atom stereocenters. The molecule has 37 heavy (non-hydrogen) atoms. The van der Waals surface area contributed by atoms with Gasteiger partial charge in [-0.25, -0.2) is 0 Å². The van der Waals surface area contributed by atoms with E-state index in [2.05, 4.69) is 99.8 Å². The molecule has 0 saturated carbocycles. The molecule has 0 bridgehead atoms. The average Bonchev–Trinajstić information content (AvgIpc) is 2.88. The molecule has 0 aromatic heterocycles. The smallest absolute Gasteiger partial charge is 0.250 e. The van der Waals surface area contributed by atoms with Crippen LogP contribution in [0.4, 0.5) is 5.69 Å². The van der Waals surface area contributed by atoms with Crippen LogP contribution in [0.2, 0.25) is 18.1 Å². The van der Waals surface area contributed by atoms with Crippen LogP contribution in [0.15, 0.2) is 60.7 Å². The lowest BCUT2D eigenvalue weighted by molar-refractivity contribution is 0.413. The van der Waals surface area contributed by atoms with Crippen LogP contribution in [0.3, 0.4) is 0 Å². The number of nitrogens with one attached hydrogen (secondary N) is 1. The van der Waals surface area contributed by atoms with Crippen molar-refractivity contribution in [3.63, 3.8) is 0 Å². The Morgan fingerprint density at radius 1 is 0.838 bits per heavy atom. The SMILES string of the molecule is COc1ccc2c(c1)CCC(c1ccc(OC)cc1NCCc1ccc(O[Si](C)(C)C(C)(C)C)cc1)C2. The fourth-order valence-corrected chi connectivity index (χ4v) is 5.84. The summed E-state index contributed by atoms with van der Waals surface area (Å²) in [5, 5.41) is 3.92. The van der Waals surface area contributed by atoms with E-state index in [9.17, 15) is 0 Å². The zero-order chi connectivity index (χ0) is 26.6. The lowest BCUT2D eigenvalue weighted by Crippen LogP contribution is -2.43. The summed E-state index contributed by atoms with van der Waals surface area (Å²) in [5.41, 5.74) is 6.71. The zero-order valence-electron chi connectivity index (χ0n) is 23.6. The Morgan fingerprint density at radius 3 is 2.16 bits per heavy atom. The first-order valence-corrected chi connectivity index (χ1v) is 16.4. The van der Waals surface area contributed by atoms with Gasteiger partial charge in [-0.1, -0.05) is 45.0 Å². The number of anilines is 1. The van der Waals surface area contributed by atoms with Gasteiger partial charge in [-0.05, 0) is 102 Å². The number of fused-ring (bicyclic) bond motifs is 1. The van der Waals surface area contributed by atoms with E-state index in [0.717, 1.165) is 49.5 Å². The van der Waals surface area contributed by atoms with Crippen molar-refractivity contribution >= 4 is 14.0 Å². The Hall–Kier alpha value is -2.92. The van der Waals surface area contributed by atoms with Gasteiger partial charge in [-0.2, -0.15) is 0 Å². The molecule has 1 atom stereocenters. The molecule has 3 aromatic rings. The van der Waals surface area contributed by atoms with E-state index in [1.807, 2.05) is 0 Å². The van der Waals surface area contributed by atoms with Gasteiger partial charge in [0, 0.05) is 18.3 Å². The van der Waals surface area contributed by atoms with Gasteiger partial charge in [-0.15, -0.1) is 0 Å². The third kappa shape index (κ3) is 6.51. The highest BCUT2D eigenvalue weighted by atomic mass is 28.4. The predicted octanol–water partition coefficient (Wildman–Crippen LogP) is 8.01. The molecule has 0 spiro atoms. The van der Waals surface area contributed by atoms with Crippen LogP contribution >= 0.6 is 0 Å². The van der Waals surface area contributed by atoms with Gasteiger partial charge < -0.3 is 19.2 Å². The van der Waals surface area contributed by atoms with Crippen molar-refractivity contribution in [3.05, 3.63) is 82.9 Å². The zero-order valence-corrected chi connectivity index (χ0v) is 24.6. The Kier molecular flexibility index (Phi) is 8.22. The van der Waals surface area contributed by atoms with Crippen LogP contribution in [0.25, 0.3) is 0 Å². The van der Waals surface area contributed by atoms with E-state index >= 15 is 0 Å². The van der Waals surface area contributed by atoms with Gasteiger partial charge >= 0.3 is 0 Å². The second kappa shape index (κ2) is 11.2. The normalized spacial score (nSPS) is 15.6. The monoisotopic (exact) mass is 517 g/mol. The molecule has 0 radical (unpaired) electrons. The molecule has 0 saturated heterocycles. The Bertz CT molecular complexity index is 1200. The molecule has 4 rings (SSSR count). The molecule has 0 aliphatic heterocycles. The van der Waals surface area contributed by atoms with Crippen LogP contribution < -0.4 is 19.2 Å². The summed E-state index contributed by atoms with van der Waals surface area (Å²) >= 11 is 0. The lowest BCUT2D eigenvalue weighted by Gasteiger charge is -2.36. The van der Waals surface area contributed by atoms with Gasteiger partial charge in [0.05, 0.1) is 14.2 Å². The van der Waals surface area contributed by atoms with Crippen molar-refractivity contribution in [3.8, 4) is 17.2 Å². The number of methoxy groups -OCH3 is 2. The van der Waals surface area contributed by atoms with E-state index in [0.29, 0.717) is 5.92 Å². The summed E-state index contributed by atoms with van der Waals surface area (Å²) in [6.45, 7) is 12.3. The van der Waals surface area contributed by atoms with Crippen LogP contribution in [-0.2, 0) is 19.3 Å². The van der Waals surface area contributed by atoms with Crippen LogP contribution in [-0.4, -0.2) is 29.1 Å². The Morgan fingerprint density at radius 2 is 1.49 bits per heavy atom. The van der Waals surface area contributed by atoms with Crippen LogP contribution in [0, 0.1) is 0 Å². The molecular formula is C32H43NO3Si. The maximum absolute atomic E-state index is 6.44. The highest BCUT2D eigenvalue weighted by Crippen LogP contribution is 2.39. The number of aryl methyl sites for hydroxylation is 1. The molecule has 0 fully saturated rings. The highest BCUT2D eigenvalue weighted by molar-refractivity contribution is 6.74. The Balaban J connectivity index is 1.41. The van der Waals surface area contributed by atoms with E-state index in [1.165, 1.54) is 27.9 Å². The highest BCUT2D eigenvalue weighted by Gasteiger charge is 2.38. The van der Waals surface area contributed by atoms with E-state index in [-0.39, 0.29) is 5.04 Å². The van der Waals surface area contributed by atoms with Gasteiger partial charge in [0.2, 0.25) is 8.32 Å². The first-order chi connectivity index (χ1) is 17.6. The fourth-order valence-electron chi connectivity index (χ4n) is 4.81. The van der Waals surface area contributed by atoms with E-state index < -0.39 is 8.32 Å². The molecule has 4 nitrogen and oxygen atoms in total. The number of rotatable bonds is 9. The van der Waals surface area contributed by atoms with Gasteiger partial charge in [0.15, 0.2) is 0 Å². The Labute approximate surface area is 224 Å². The van der Waals surface area contributed by atoms with E-state index in [4.69, 9.17) is 13.9 Å². The van der Waals surface area contributed by atoms with Gasteiger partial charge in [-0.3, -0.25) is 0 Å². The number of benzene rings is 3. The summed E-state index contributed by atoms with van der Waals surface area (Å²) in [7, 11) is 1.65. The quantitative estimate of drug-likeness (QED) is 0.292. The molecule has 198 valence electrons. The van der Waals surface area contributed by atoms with Crippen molar-refractivity contribution in [1.82, 2.24) is 0 Å². The average molecular weight is 518 g/mol. The maximum Gasteiger partial charge on any atom is 0.250 e. The molecule has 5 heteroatoms. The van der Waals surface area contributed by atoms with Crippen molar-refractivity contribution in [1.29, 1.82) is 0 Å². The molecule has 3 aromatic carbocycles. The van der Waals surface area contributed by atoms with Crippen LogP contribution in [0.1, 0.15) is 55.4 Å². The third-order valence-electron chi connectivity index (χ3n) is 8.17. The minimum absolute atomic E-state index is 0.192. The summed E-state index contributed by atoms with van der Waals surface area (Å²) < 4.78 is 17.4. The second-order valence-electron chi connectivity index (χ2n) is 11.7. The minimum atomic E-state index is -1.82. The topological polar surface area (TPSA) is 39.7 Å². The minimum Gasteiger partial charge on any atom is -0.544 e. The molecule has 1 aliphatic rings. The number of hydrogen-bond acceptors (Lipinski definition) is 4. The third-order valence-corrected chi connectivity index (χ3v) is 12.5. The predicted molar refractivity (Wildman–Crippen MR) is 157 cm³/mol. The molecule has 1 aliphatic carbocycles. The first-order valence-electron chi connectivity index (χ1n) is 13.4. The molecule has 1 N–H and O–H groups in total. The first kappa shape index (κ1) is 27.1. The molecular weight excluding hydrogens is 474 g/mol. The number of ether oxygens (including phenoxy) is 2. The molecule has 0 heterocycles. The van der Waals surface area contributed by atoms with Crippen molar-refractivity contribution < 1.29 is 13.9 Å². The van der Waals surface area contributed by atoms with Crippen LogP contribution in [0.5, 0.6) is 17.2 Å². The standard InChI is InChI=1S/C32H43NO3Si/c1-32(2,3)37(6,7)36-27-13-8-23(9-14-27)18-19-33-31-22-29(35-5)16-17-30(31)26-11-10-25-21-28(34-4)15-12-24(25)20-26/h8-9,12-17,21-22,26,33H,10-11,18-20H2,1-7H3. The fraction of sp³-hybridized carbons (Fsp3) is 0.438. The summed E-state index contributed by atoms with van der Waals surface area (Å²) in [6, 6.07) is 21.6. The number of hydrogen-bond donors (Lipinski definition) is 1. The van der Waals surface area contributed by atoms with Gasteiger partial charge in [0.25, 0.3) is 0 Å². The largest absolute Gasteiger partial charge is 0.544 e. The summed E-state index contributed by atoms with van der Waals surface area (Å²) in [5.74, 6) is 3.30. The maximum atomic E-state index is 6.44.